The van der Waals surface area contributed by atoms with Gasteiger partial charge in [0.15, 0.2) is 0 Å². The Balaban J connectivity index is 1.68. The summed E-state index contributed by atoms with van der Waals surface area (Å²) in [6, 6.07) is 16.5. The molecule has 0 spiro atoms. The van der Waals surface area contributed by atoms with Gasteiger partial charge in [-0.1, -0.05) is 46.3 Å². The molecule has 2 N–H and O–H groups in total. The van der Waals surface area contributed by atoms with Crippen LogP contribution in [0.5, 0.6) is 0 Å². The van der Waals surface area contributed by atoms with Gasteiger partial charge in [-0.15, -0.1) is 0 Å². The molecule has 100 valence electrons. The van der Waals surface area contributed by atoms with Crippen LogP contribution in [0, 0.1) is 0 Å². The number of hydrogen-bond donors (Lipinski definition) is 2. The van der Waals surface area contributed by atoms with Crippen molar-refractivity contribution in [2.24, 2.45) is 0 Å². The van der Waals surface area contributed by atoms with E-state index in [-0.39, 0.29) is 0 Å². The number of nitrogens with zero attached hydrogens (tertiary/aromatic N) is 1. The average Bonchev–Trinajstić information content (AvgIpc) is 3.01. The lowest BCUT2D eigenvalue weighted by Crippen LogP contribution is -1.99. The first-order valence-electron chi connectivity index (χ1n) is 6.39. The van der Waals surface area contributed by atoms with Crippen LogP contribution in [0.1, 0.15) is 5.56 Å². The number of hydrogen-bond acceptors (Lipinski definition) is 2. The average molecular weight is 328 g/mol. The van der Waals surface area contributed by atoms with Gasteiger partial charge in [-0.3, -0.25) is 0 Å². The third-order valence-corrected chi connectivity index (χ3v) is 3.91. The molecule has 0 unspecified atom stereocenters. The molecular weight excluding hydrogens is 314 g/mol. The number of halogens is 1. The Morgan fingerprint density at radius 1 is 1.05 bits per heavy atom. The fraction of sp³-hybridized carbons (Fsp3) is 0.0625. The number of imidazole rings is 1. The Morgan fingerprint density at radius 3 is 2.55 bits per heavy atom. The van der Waals surface area contributed by atoms with Crippen LogP contribution in [0.25, 0.3) is 11.3 Å². The van der Waals surface area contributed by atoms with Crippen molar-refractivity contribution in [1.82, 2.24) is 9.97 Å². The summed E-state index contributed by atoms with van der Waals surface area (Å²) >= 11 is 3.56. The van der Waals surface area contributed by atoms with Crippen molar-refractivity contribution < 1.29 is 0 Å². The van der Waals surface area contributed by atoms with Crippen molar-refractivity contribution in [1.29, 1.82) is 0 Å². The van der Waals surface area contributed by atoms with Gasteiger partial charge in [0.25, 0.3) is 0 Å². The molecule has 3 rings (SSSR count). The second-order valence-corrected chi connectivity index (χ2v) is 5.34. The van der Waals surface area contributed by atoms with Gasteiger partial charge < -0.3 is 10.3 Å². The quantitative estimate of drug-likeness (QED) is 0.743. The van der Waals surface area contributed by atoms with Crippen LogP contribution in [0.15, 0.2) is 65.5 Å². The van der Waals surface area contributed by atoms with Crippen molar-refractivity contribution in [3.8, 4) is 11.3 Å². The SMILES string of the molecule is Brc1ccccc1CNc1ccc(-c2cnc[nH]2)cc1. The monoisotopic (exact) mass is 327 g/mol. The third kappa shape index (κ3) is 2.91. The van der Waals surface area contributed by atoms with E-state index in [0.717, 1.165) is 28.0 Å². The summed E-state index contributed by atoms with van der Waals surface area (Å²) < 4.78 is 1.13. The Labute approximate surface area is 126 Å². The molecule has 1 heterocycles. The molecule has 0 saturated carbocycles. The zero-order valence-electron chi connectivity index (χ0n) is 10.8. The Kier molecular flexibility index (Phi) is 3.83. The number of nitrogens with one attached hydrogen (secondary N) is 2. The number of aromatic nitrogens is 2. The zero-order chi connectivity index (χ0) is 13.8. The molecule has 4 heteroatoms. The lowest BCUT2D eigenvalue weighted by molar-refractivity contribution is 1.14. The van der Waals surface area contributed by atoms with Gasteiger partial charge in [0.05, 0.1) is 18.2 Å². The maximum absolute atomic E-state index is 4.03. The molecule has 0 bridgehead atoms. The highest BCUT2D eigenvalue weighted by Crippen LogP contribution is 2.21. The highest BCUT2D eigenvalue weighted by molar-refractivity contribution is 9.10. The lowest BCUT2D eigenvalue weighted by Gasteiger charge is -2.08. The topological polar surface area (TPSA) is 40.7 Å². The maximum Gasteiger partial charge on any atom is 0.0924 e. The van der Waals surface area contributed by atoms with Crippen LogP contribution in [0.4, 0.5) is 5.69 Å². The number of benzene rings is 2. The summed E-state index contributed by atoms with van der Waals surface area (Å²) in [5.74, 6) is 0. The minimum atomic E-state index is 0.796. The van der Waals surface area contributed by atoms with Crippen LogP contribution >= 0.6 is 15.9 Å². The van der Waals surface area contributed by atoms with E-state index < -0.39 is 0 Å². The summed E-state index contributed by atoms with van der Waals surface area (Å²) in [5.41, 5.74) is 4.51. The smallest absolute Gasteiger partial charge is 0.0924 e. The normalized spacial score (nSPS) is 10.4. The Hall–Kier alpha value is -2.07. The largest absolute Gasteiger partial charge is 0.381 e. The van der Waals surface area contributed by atoms with Gasteiger partial charge in [-0.05, 0) is 29.3 Å². The van der Waals surface area contributed by atoms with E-state index in [1.807, 2.05) is 18.3 Å². The first-order chi connectivity index (χ1) is 9.83. The highest BCUT2D eigenvalue weighted by atomic mass is 79.9. The standard InChI is InChI=1S/C16H14BrN3/c17-15-4-2-1-3-13(15)9-19-14-7-5-12(6-8-14)16-10-18-11-20-16/h1-8,10-11,19H,9H2,(H,18,20). The van der Waals surface area contributed by atoms with Gasteiger partial charge in [-0.25, -0.2) is 4.98 Å². The molecule has 3 aromatic rings. The second-order valence-electron chi connectivity index (χ2n) is 4.49. The summed E-state index contributed by atoms with van der Waals surface area (Å²) in [7, 11) is 0. The van der Waals surface area contributed by atoms with Crippen LogP contribution in [-0.4, -0.2) is 9.97 Å². The van der Waals surface area contributed by atoms with Crippen molar-refractivity contribution in [3.05, 3.63) is 71.1 Å². The predicted molar refractivity (Wildman–Crippen MR) is 85.5 cm³/mol. The van der Waals surface area contributed by atoms with Gasteiger partial charge in [0.2, 0.25) is 0 Å². The minimum Gasteiger partial charge on any atom is -0.381 e. The second kappa shape index (κ2) is 5.92. The van der Waals surface area contributed by atoms with Crippen LogP contribution in [-0.2, 0) is 6.54 Å². The van der Waals surface area contributed by atoms with Gasteiger partial charge in [-0.2, -0.15) is 0 Å². The fourth-order valence-electron chi connectivity index (χ4n) is 2.02. The highest BCUT2D eigenvalue weighted by Gasteiger charge is 2.00. The molecule has 0 fully saturated rings. The number of aromatic amines is 1. The molecule has 0 aliphatic carbocycles. The first kappa shape index (κ1) is 12.9. The number of H-pyrrole nitrogens is 1. The molecule has 0 aliphatic heterocycles. The Morgan fingerprint density at radius 2 is 1.85 bits per heavy atom. The predicted octanol–water partition coefficient (Wildman–Crippen LogP) is 4.45. The molecule has 1 aromatic heterocycles. The minimum absolute atomic E-state index is 0.796. The fourth-order valence-corrected chi connectivity index (χ4v) is 2.45. The van der Waals surface area contributed by atoms with E-state index in [2.05, 4.69) is 67.6 Å². The summed E-state index contributed by atoms with van der Waals surface area (Å²) in [6.45, 7) is 0.796. The van der Waals surface area contributed by atoms with E-state index in [0.29, 0.717) is 0 Å². The van der Waals surface area contributed by atoms with Crippen molar-refractivity contribution in [2.75, 3.05) is 5.32 Å². The Bertz CT molecular complexity index is 675. The molecular formula is C16H14BrN3. The molecule has 0 radical (unpaired) electrons. The molecule has 2 aromatic carbocycles. The van der Waals surface area contributed by atoms with E-state index >= 15 is 0 Å². The first-order valence-corrected chi connectivity index (χ1v) is 7.18. The lowest BCUT2D eigenvalue weighted by atomic mass is 10.1. The summed E-state index contributed by atoms with van der Waals surface area (Å²) in [4.78, 5) is 7.13. The van der Waals surface area contributed by atoms with E-state index in [9.17, 15) is 0 Å². The molecule has 0 amide bonds. The van der Waals surface area contributed by atoms with Crippen molar-refractivity contribution >= 4 is 21.6 Å². The van der Waals surface area contributed by atoms with E-state index in [1.54, 1.807) is 6.33 Å². The van der Waals surface area contributed by atoms with E-state index in [4.69, 9.17) is 0 Å². The van der Waals surface area contributed by atoms with Crippen molar-refractivity contribution in [2.45, 2.75) is 6.54 Å². The number of anilines is 1. The third-order valence-electron chi connectivity index (χ3n) is 3.13. The summed E-state index contributed by atoms with van der Waals surface area (Å²) in [6.07, 6.45) is 3.51. The zero-order valence-corrected chi connectivity index (χ0v) is 12.4. The van der Waals surface area contributed by atoms with E-state index in [1.165, 1.54) is 5.56 Å². The molecule has 3 nitrogen and oxygen atoms in total. The molecule has 20 heavy (non-hydrogen) atoms. The van der Waals surface area contributed by atoms with Gasteiger partial charge in [0, 0.05) is 16.7 Å². The van der Waals surface area contributed by atoms with Crippen LogP contribution in [0.2, 0.25) is 0 Å². The number of rotatable bonds is 4. The molecule has 0 atom stereocenters. The summed E-state index contributed by atoms with van der Waals surface area (Å²) in [5, 5.41) is 3.42. The molecule has 0 saturated heterocycles. The van der Waals surface area contributed by atoms with Crippen LogP contribution in [0.3, 0.4) is 0 Å². The molecule has 0 aliphatic rings. The van der Waals surface area contributed by atoms with Crippen LogP contribution < -0.4 is 5.32 Å². The van der Waals surface area contributed by atoms with Crippen molar-refractivity contribution in [3.63, 3.8) is 0 Å². The maximum atomic E-state index is 4.03. The van der Waals surface area contributed by atoms with Gasteiger partial charge in [0.1, 0.15) is 0 Å². The van der Waals surface area contributed by atoms with Gasteiger partial charge >= 0.3 is 0 Å².